The van der Waals surface area contributed by atoms with Gasteiger partial charge in [-0.25, -0.2) is 8.78 Å². The molecular weight excluding hydrogens is 272 g/mol. The Bertz CT molecular complexity index is 454. The summed E-state index contributed by atoms with van der Waals surface area (Å²) in [5.41, 5.74) is 0.112. The van der Waals surface area contributed by atoms with E-state index in [0.29, 0.717) is 5.75 Å². The first-order chi connectivity index (χ1) is 9.53. The molecule has 0 aliphatic heterocycles. The SMILES string of the molecule is COc1ccc(OC)c(C(=O)N(CCO)CC(F)F)c1. The molecule has 1 rings (SSSR count). The van der Waals surface area contributed by atoms with Gasteiger partial charge >= 0.3 is 0 Å². The van der Waals surface area contributed by atoms with E-state index in [1.165, 1.54) is 26.4 Å². The van der Waals surface area contributed by atoms with Crippen molar-refractivity contribution < 1.29 is 28.2 Å². The molecule has 0 fully saturated rings. The number of rotatable bonds is 7. The highest BCUT2D eigenvalue weighted by atomic mass is 19.3. The normalized spacial score (nSPS) is 10.5. The lowest BCUT2D eigenvalue weighted by atomic mass is 10.1. The molecule has 0 aliphatic rings. The van der Waals surface area contributed by atoms with Crippen molar-refractivity contribution in [3.63, 3.8) is 0 Å². The van der Waals surface area contributed by atoms with Gasteiger partial charge in [-0.1, -0.05) is 0 Å². The fourth-order valence-corrected chi connectivity index (χ4v) is 1.71. The number of nitrogens with zero attached hydrogens (tertiary/aromatic N) is 1. The average Bonchev–Trinajstić information content (AvgIpc) is 2.44. The van der Waals surface area contributed by atoms with Crippen LogP contribution >= 0.6 is 0 Å². The van der Waals surface area contributed by atoms with E-state index in [-0.39, 0.29) is 17.9 Å². The van der Waals surface area contributed by atoms with Gasteiger partial charge in [-0.15, -0.1) is 0 Å². The highest BCUT2D eigenvalue weighted by Crippen LogP contribution is 2.25. The molecule has 0 aromatic heterocycles. The summed E-state index contributed by atoms with van der Waals surface area (Å²) in [7, 11) is 2.81. The van der Waals surface area contributed by atoms with Crippen molar-refractivity contribution in [1.29, 1.82) is 0 Å². The fraction of sp³-hybridized carbons (Fsp3) is 0.462. The number of carbonyl (C=O) groups excluding carboxylic acids is 1. The molecule has 0 spiro atoms. The van der Waals surface area contributed by atoms with Crippen molar-refractivity contribution in [2.75, 3.05) is 33.9 Å². The van der Waals surface area contributed by atoms with E-state index in [1.54, 1.807) is 6.07 Å². The Labute approximate surface area is 115 Å². The standard InChI is InChI=1S/C13H17F2NO4/c1-19-9-3-4-11(20-2)10(7-9)13(18)16(5-6-17)8-12(14)15/h3-4,7,12,17H,5-6,8H2,1-2H3. The number of alkyl halides is 2. The van der Waals surface area contributed by atoms with Gasteiger partial charge in [0.15, 0.2) is 0 Å². The van der Waals surface area contributed by atoms with Crippen molar-refractivity contribution in [3.05, 3.63) is 23.8 Å². The number of methoxy groups -OCH3 is 2. The lowest BCUT2D eigenvalue weighted by Crippen LogP contribution is -2.37. The van der Waals surface area contributed by atoms with Crippen LogP contribution in [0.25, 0.3) is 0 Å². The first-order valence-electron chi connectivity index (χ1n) is 5.93. The summed E-state index contributed by atoms with van der Waals surface area (Å²) in [6, 6.07) is 4.53. The number of ether oxygens (including phenoxy) is 2. The zero-order valence-corrected chi connectivity index (χ0v) is 11.3. The smallest absolute Gasteiger partial charge is 0.258 e. The topological polar surface area (TPSA) is 59.0 Å². The van der Waals surface area contributed by atoms with Crippen molar-refractivity contribution in [2.24, 2.45) is 0 Å². The predicted molar refractivity (Wildman–Crippen MR) is 68.5 cm³/mol. The second-order valence-corrected chi connectivity index (χ2v) is 3.93. The van der Waals surface area contributed by atoms with E-state index in [9.17, 15) is 13.6 Å². The summed E-state index contributed by atoms with van der Waals surface area (Å²) in [5, 5.41) is 8.88. The summed E-state index contributed by atoms with van der Waals surface area (Å²) >= 11 is 0. The monoisotopic (exact) mass is 289 g/mol. The fourth-order valence-electron chi connectivity index (χ4n) is 1.71. The van der Waals surface area contributed by atoms with E-state index in [2.05, 4.69) is 0 Å². The molecule has 112 valence electrons. The van der Waals surface area contributed by atoms with Crippen LogP contribution in [0.3, 0.4) is 0 Å². The minimum Gasteiger partial charge on any atom is -0.497 e. The minimum atomic E-state index is -2.68. The molecule has 1 aromatic rings. The van der Waals surface area contributed by atoms with Crippen molar-refractivity contribution in [1.82, 2.24) is 4.90 Å². The summed E-state index contributed by atoms with van der Waals surface area (Å²) in [6.45, 7) is -1.33. The average molecular weight is 289 g/mol. The molecule has 0 unspecified atom stereocenters. The van der Waals surface area contributed by atoms with Gasteiger partial charge in [0.2, 0.25) is 0 Å². The summed E-state index contributed by atoms with van der Waals surface area (Å²) in [6.07, 6.45) is -2.68. The van der Waals surface area contributed by atoms with Gasteiger partial charge in [0, 0.05) is 6.54 Å². The molecular formula is C13H17F2NO4. The lowest BCUT2D eigenvalue weighted by Gasteiger charge is -2.22. The van der Waals surface area contributed by atoms with Crippen LogP contribution in [0, 0.1) is 0 Å². The maximum absolute atomic E-state index is 12.5. The number of amides is 1. The third-order valence-electron chi connectivity index (χ3n) is 2.65. The Morgan fingerprint density at radius 2 is 2.05 bits per heavy atom. The molecule has 0 atom stereocenters. The Morgan fingerprint density at radius 3 is 2.55 bits per heavy atom. The molecule has 7 heteroatoms. The Hall–Kier alpha value is -1.89. The van der Waals surface area contributed by atoms with E-state index in [4.69, 9.17) is 14.6 Å². The number of halogens is 2. The largest absolute Gasteiger partial charge is 0.497 e. The first kappa shape index (κ1) is 16.2. The van der Waals surface area contributed by atoms with Crippen LogP contribution in [-0.4, -0.2) is 56.3 Å². The van der Waals surface area contributed by atoms with Crippen molar-refractivity contribution >= 4 is 5.91 Å². The van der Waals surface area contributed by atoms with Crippen LogP contribution in [-0.2, 0) is 0 Å². The summed E-state index contributed by atoms with van der Waals surface area (Å²) < 4.78 is 35.0. The van der Waals surface area contributed by atoms with E-state index in [0.717, 1.165) is 4.90 Å². The number of hydrogen-bond donors (Lipinski definition) is 1. The molecule has 0 saturated carbocycles. The van der Waals surface area contributed by atoms with Gasteiger partial charge in [0.1, 0.15) is 11.5 Å². The summed E-state index contributed by atoms with van der Waals surface area (Å²) in [5.74, 6) is 0.0262. The highest BCUT2D eigenvalue weighted by Gasteiger charge is 2.22. The molecule has 1 aromatic carbocycles. The van der Waals surface area contributed by atoms with Crippen LogP contribution in [0.1, 0.15) is 10.4 Å². The number of aliphatic hydroxyl groups excluding tert-OH is 1. The highest BCUT2D eigenvalue weighted by molar-refractivity contribution is 5.97. The van der Waals surface area contributed by atoms with Gasteiger partial charge in [-0.2, -0.15) is 0 Å². The van der Waals surface area contributed by atoms with Crippen molar-refractivity contribution in [2.45, 2.75) is 6.43 Å². The van der Waals surface area contributed by atoms with Gasteiger partial charge in [0.05, 0.1) is 32.9 Å². The second kappa shape index (κ2) is 7.64. The van der Waals surface area contributed by atoms with Crippen LogP contribution in [0.2, 0.25) is 0 Å². The number of aliphatic hydroxyl groups is 1. The molecule has 0 heterocycles. The third-order valence-corrected chi connectivity index (χ3v) is 2.65. The van der Waals surface area contributed by atoms with Crippen LogP contribution in [0.4, 0.5) is 8.78 Å². The molecule has 1 N–H and O–H groups in total. The number of carbonyl (C=O) groups is 1. The molecule has 1 amide bonds. The van der Waals surface area contributed by atoms with Gasteiger partial charge < -0.3 is 19.5 Å². The molecule has 0 aliphatic carbocycles. The van der Waals surface area contributed by atoms with Gasteiger partial charge in [-0.05, 0) is 18.2 Å². The zero-order chi connectivity index (χ0) is 15.1. The van der Waals surface area contributed by atoms with Crippen LogP contribution in [0.5, 0.6) is 11.5 Å². The molecule has 20 heavy (non-hydrogen) atoms. The Kier molecular flexibility index (Phi) is 6.17. The van der Waals surface area contributed by atoms with E-state index < -0.39 is 25.5 Å². The maximum atomic E-state index is 12.5. The van der Waals surface area contributed by atoms with Crippen LogP contribution < -0.4 is 9.47 Å². The lowest BCUT2D eigenvalue weighted by molar-refractivity contribution is 0.0506. The predicted octanol–water partition coefficient (Wildman–Crippen LogP) is 1.40. The van der Waals surface area contributed by atoms with Gasteiger partial charge in [-0.3, -0.25) is 4.79 Å². The summed E-state index contributed by atoms with van der Waals surface area (Å²) in [4.78, 5) is 13.1. The maximum Gasteiger partial charge on any atom is 0.258 e. The number of hydrogen-bond acceptors (Lipinski definition) is 4. The zero-order valence-electron chi connectivity index (χ0n) is 11.3. The van der Waals surface area contributed by atoms with Gasteiger partial charge in [0.25, 0.3) is 12.3 Å². The quantitative estimate of drug-likeness (QED) is 0.824. The van der Waals surface area contributed by atoms with Crippen molar-refractivity contribution in [3.8, 4) is 11.5 Å². The number of benzene rings is 1. The third kappa shape index (κ3) is 4.06. The second-order valence-electron chi connectivity index (χ2n) is 3.93. The van der Waals surface area contributed by atoms with Crippen LogP contribution in [0.15, 0.2) is 18.2 Å². The van der Waals surface area contributed by atoms with E-state index >= 15 is 0 Å². The molecule has 0 radical (unpaired) electrons. The van der Waals surface area contributed by atoms with E-state index in [1.807, 2.05) is 0 Å². The first-order valence-corrected chi connectivity index (χ1v) is 5.93. The molecule has 5 nitrogen and oxygen atoms in total. The molecule has 0 bridgehead atoms. The Balaban J connectivity index is 3.08. The minimum absolute atomic E-state index is 0.112. The Morgan fingerprint density at radius 1 is 1.35 bits per heavy atom. The molecule has 0 saturated heterocycles.